The second-order valence-electron chi connectivity index (χ2n) is 3.73. The lowest BCUT2D eigenvalue weighted by Gasteiger charge is -2.04. The van der Waals surface area contributed by atoms with Gasteiger partial charge in [0.25, 0.3) is 0 Å². The van der Waals surface area contributed by atoms with Gasteiger partial charge in [-0.15, -0.1) is 11.3 Å². The molecule has 0 aliphatic carbocycles. The summed E-state index contributed by atoms with van der Waals surface area (Å²) in [5.74, 6) is 7.58. The quantitative estimate of drug-likeness (QED) is 0.437. The third-order valence-corrected chi connectivity index (χ3v) is 4.24. The second kappa shape index (κ2) is 5.52. The summed E-state index contributed by atoms with van der Waals surface area (Å²) in [5.41, 5.74) is 2.63. The Kier molecular flexibility index (Phi) is 3.58. The minimum absolute atomic E-state index is 0.666. The minimum Gasteiger partial charge on any atom is -0.308 e. The molecule has 3 heterocycles. The van der Waals surface area contributed by atoms with Crippen molar-refractivity contribution in [3.05, 3.63) is 41.7 Å². The van der Waals surface area contributed by atoms with Gasteiger partial charge < -0.3 is 5.43 Å². The molecule has 7 heteroatoms. The zero-order valence-corrected chi connectivity index (χ0v) is 11.5. The van der Waals surface area contributed by atoms with Crippen LogP contribution in [0.2, 0.25) is 0 Å². The van der Waals surface area contributed by atoms with Gasteiger partial charge in [0.2, 0.25) is 0 Å². The highest BCUT2D eigenvalue weighted by Crippen LogP contribution is 2.26. The number of fused-ring (bicyclic) bond motifs is 1. The fourth-order valence-electron chi connectivity index (χ4n) is 1.65. The number of nitrogens with two attached hydrogens (primary N) is 1. The van der Waals surface area contributed by atoms with Gasteiger partial charge in [0.15, 0.2) is 5.82 Å². The number of hydrogen-bond donors (Lipinski definition) is 2. The van der Waals surface area contributed by atoms with Crippen LogP contribution in [0.4, 0.5) is 5.82 Å². The van der Waals surface area contributed by atoms with Crippen LogP contribution in [0.1, 0.15) is 5.82 Å². The molecular weight excluding hydrogens is 278 g/mol. The van der Waals surface area contributed by atoms with Gasteiger partial charge in [-0.25, -0.2) is 20.8 Å². The fourth-order valence-corrected chi connectivity index (χ4v) is 3.14. The van der Waals surface area contributed by atoms with Crippen molar-refractivity contribution in [3.63, 3.8) is 0 Å². The van der Waals surface area contributed by atoms with Crippen LogP contribution in [-0.2, 0) is 5.75 Å². The third-order valence-electron chi connectivity index (χ3n) is 2.49. The van der Waals surface area contributed by atoms with E-state index in [1.54, 1.807) is 29.3 Å². The number of rotatable bonds is 4. The molecule has 0 fully saturated rings. The Bertz CT molecular complexity index is 683. The molecule has 0 unspecified atom stereocenters. The highest BCUT2D eigenvalue weighted by molar-refractivity contribution is 7.98. The summed E-state index contributed by atoms with van der Waals surface area (Å²) < 4.78 is 0. The smallest absolute Gasteiger partial charge is 0.152 e. The molecule has 0 aromatic carbocycles. The first-order chi connectivity index (χ1) is 9.36. The first-order valence-corrected chi connectivity index (χ1v) is 7.48. The molecule has 0 atom stereocenters. The lowest BCUT2D eigenvalue weighted by molar-refractivity contribution is 1.06. The molecule has 0 saturated heterocycles. The molecule has 5 nitrogen and oxygen atoms in total. The van der Waals surface area contributed by atoms with Crippen LogP contribution in [0, 0.1) is 0 Å². The van der Waals surface area contributed by atoms with Crippen LogP contribution in [-0.4, -0.2) is 15.0 Å². The first kappa shape index (κ1) is 12.3. The molecule has 0 amide bonds. The molecule has 19 heavy (non-hydrogen) atoms. The number of nitrogens with zero attached hydrogens (tertiary/aromatic N) is 3. The first-order valence-electron chi connectivity index (χ1n) is 5.61. The van der Waals surface area contributed by atoms with Crippen molar-refractivity contribution >= 4 is 39.1 Å². The number of thioether (sulfide) groups is 1. The molecule has 0 aliphatic rings. The van der Waals surface area contributed by atoms with E-state index in [1.165, 1.54) is 0 Å². The number of anilines is 1. The lowest BCUT2D eigenvalue weighted by atomic mass is 10.4. The van der Waals surface area contributed by atoms with Gasteiger partial charge in [-0.05, 0) is 23.6 Å². The molecule has 3 N–H and O–H groups in total. The van der Waals surface area contributed by atoms with E-state index < -0.39 is 0 Å². The summed E-state index contributed by atoms with van der Waals surface area (Å²) in [6.45, 7) is 0. The summed E-state index contributed by atoms with van der Waals surface area (Å²) in [7, 11) is 0. The maximum absolute atomic E-state index is 5.50. The zero-order chi connectivity index (χ0) is 13.1. The van der Waals surface area contributed by atoms with Crippen LogP contribution < -0.4 is 11.3 Å². The third kappa shape index (κ3) is 2.67. The summed E-state index contributed by atoms with van der Waals surface area (Å²) in [4.78, 5) is 14.1. The number of nitrogen functional groups attached to an aromatic ring is 1. The van der Waals surface area contributed by atoms with Gasteiger partial charge >= 0.3 is 0 Å². The zero-order valence-electron chi connectivity index (χ0n) is 9.91. The van der Waals surface area contributed by atoms with Gasteiger partial charge in [0.05, 0.1) is 16.2 Å². The van der Waals surface area contributed by atoms with Crippen molar-refractivity contribution in [1.82, 2.24) is 15.0 Å². The molecule has 0 bridgehead atoms. The predicted molar refractivity (Wildman–Crippen MR) is 79.0 cm³/mol. The van der Waals surface area contributed by atoms with Gasteiger partial charge in [0, 0.05) is 6.20 Å². The van der Waals surface area contributed by atoms with Crippen molar-refractivity contribution in [1.29, 1.82) is 0 Å². The number of aromatic nitrogens is 3. The second-order valence-corrected chi connectivity index (χ2v) is 5.62. The average molecular weight is 289 g/mol. The normalized spacial score (nSPS) is 10.8. The summed E-state index contributed by atoms with van der Waals surface area (Å²) in [5, 5.41) is 3.90. The maximum atomic E-state index is 5.50. The van der Waals surface area contributed by atoms with Crippen molar-refractivity contribution < 1.29 is 0 Å². The highest BCUT2D eigenvalue weighted by Gasteiger charge is 2.08. The molecule has 0 radical (unpaired) electrons. The molecule has 96 valence electrons. The number of thiophene rings is 1. The summed E-state index contributed by atoms with van der Waals surface area (Å²) in [6.07, 6.45) is 1.78. The molecule has 3 rings (SSSR count). The summed E-state index contributed by atoms with van der Waals surface area (Å²) in [6, 6.07) is 7.79. The van der Waals surface area contributed by atoms with E-state index in [9.17, 15) is 0 Å². The molecule has 0 spiro atoms. The van der Waals surface area contributed by atoms with Gasteiger partial charge in [0.1, 0.15) is 10.7 Å². The van der Waals surface area contributed by atoms with Crippen LogP contribution in [0.25, 0.3) is 10.2 Å². The molecule has 3 aromatic rings. The Morgan fingerprint density at radius 2 is 2.21 bits per heavy atom. The Balaban J connectivity index is 1.85. The number of hydrogen-bond acceptors (Lipinski definition) is 7. The minimum atomic E-state index is 0.666. The molecule has 0 saturated carbocycles. The topological polar surface area (TPSA) is 76.7 Å². The molecular formula is C12H11N5S2. The lowest BCUT2D eigenvalue weighted by Crippen LogP contribution is -2.10. The Hall–Kier alpha value is -1.70. The molecule has 0 aliphatic heterocycles. The Labute approximate surface area is 118 Å². The van der Waals surface area contributed by atoms with Crippen LogP contribution in [0.15, 0.2) is 40.9 Å². The Morgan fingerprint density at radius 3 is 3.00 bits per heavy atom. The largest absolute Gasteiger partial charge is 0.308 e. The standard InChI is InChI=1S/C12H11N5S2/c13-17-11-8-4-6-18-12(8)16-9(15-11)7-19-10-3-1-2-5-14-10/h1-6H,7,13H2,(H,15,16,17). The van der Waals surface area contributed by atoms with Gasteiger partial charge in [-0.1, -0.05) is 17.8 Å². The van der Waals surface area contributed by atoms with E-state index in [0.717, 1.165) is 21.1 Å². The van der Waals surface area contributed by atoms with Crippen molar-refractivity contribution in [2.75, 3.05) is 5.43 Å². The SMILES string of the molecule is NNc1nc(CSc2ccccn2)nc2sccc12. The van der Waals surface area contributed by atoms with E-state index in [4.69, 9.17) is 5.84 Å². The van der Waals surface area contributed by atoms with Crippen LogP contribution >= 0.6 is 23.1 Å². The monoisotopic (exact) mass is 289 g/mol. The van der Waals surface area contributed by atoms with E-state index in [1.807, 2.05) is 29.6 Å². The van der Waals surface area contributed by atoms with Crippen LogP contribution in [0.3, 0.4) is 0 Å². The van der Waals surface area contributed by atoms with Crippen LogP contribution in [0.5, 0.6) is 0 Å². The van der Waals surface area contributed by atoms with Crippen molar-refractivity contribution in [2.24, 2.45) is 5.84 Å². The van der Waals surface area contributed by atoms with Gasteiger partial charge in [-0.3, -0.25) is 0 Å². The average Bonchev–Trinajstić information content (AvgIpc) is 2.93. The number of nitrogens with one attached hydrogen (secondary N) is 1. The van der Waals surface area contributed by atoms with E-state index in [-0.39, 0.29) is 0 Å². The van der Waals surface area contributed by atoms with E-state index in [2.05, 4.69) is 20.4 Å². The number of hydrazine groups is 1. The highest BCUT2D eigenvalue weighted by atomic mass is 32.2. The van der Waals surface area contributed by atoms with Gasteiger partial charge in [-0.2, -0.15) is 0 Å². The Morgan fingerprint density at radius 1 is 1.26 bits per heavy atom. The molecule has 3 aromatic heterocycles. The van der Waals surface area contributed by atoms with E-state index >= 15 is 0 Å². The van der Waals surface area contributed by atoms with Crippen molar-refractivity contribution in [3.8, 4) is 0 Å². The number of pyridine rings is 1. The summed E-state index contributed by atoms with van der Waals surface area (Å²) >= 11 is 3.18. The maximum Gasteiger partial charge on any atom is 0.152 e. The van der Waals surface area contributed by atoms with Crippen molar-refractivity contribution in [2.45, 2.75) is 10.8 Å². The predicted octanol–water partition coefficient (Wildman–Crippen LogP) is 2.66. The van der Waals surface area contributed by atoms with E-state index in [0.29, 0.717) is 11.6 Å². The fraction of sp³-hybridized carbons (Fsp3) is 0.0833.